The molecule has 0 N–H and O–H groups in total. The Morgan fingerprint density at radius 1 is 0.267 bits per heavy atom. The highest BCUT2D eigenvalue weighted by Gasteiger charge is 2.36. The molecule has 0 saturated carbocycles. The van der Waals surface area contributed by atoms with Crippen molar-refractivity contribution in [3.8, 4) is 33.6 Å². The van der Waals surface area contributed by atoms with Gasteiger partial charge in [-0.05, 0) is 147 Å². The Morgan fingerprint density at radius 2 is 0.642 bits per heavy atom. The molecule has 16 aromatic carbocycles. The fourth-order valence-electron chi connectivity index (χ4n) is 15.0. The molecule has 120 heavy (non-hydrogen) atoms. The molecule has 20 aromatic rings. The molecule has 22 rings (SSSR count). The van der Waals surface area contributed by atoms with E-state index in [-0.39, 0.29) is 71.3 Å². The van der Waals surface area contributed by atoms with Gasteiger partial charge in [0.2, 0.25) is 0 Å². The minimum absolute atomic E-state index is 0.0221. The zero-order valence-electron chi connectivity index (χ0n) is 85.5. The summed E-state index contributed by atoms with van der Waals surface area (Å²) in [5.74, 6) is 0. The van der Waals surface area contributed by atoms with E-state index in [1.807, 2.05) is 173 Å². The number of para-hydroxylation sites is 6. The molecule has 4 heterocycles. The molecule has 0 saturated heterocycles. The summed E-state index contributed by atoms with van der Waals surface area (Å²) in [7, 11) is 0. The van der Waals surface area contributed by atoms with E-state index in [2.05, 4.69) is 279 Å². The quantitative estimate of drug-likeness (QED) is 0.173. The van der Waals surface area contributed by atoms with Crippen molar-refractivity contribution in [3.05, 3.63) is 451 Å². The van der Waals surface area contributed by atoms with Crippen LogP contribution in [0.2, 0.25) is 0 Å². The summed E-state index contributed by atoms with van der Waals surface area (Å²) in [6.07, 6.45) is 3.79. The second-order valence-electron chi connectivity index (χ2n) is 28.1. The van der Waals surface area contributed by atoms with Crippen molar-refractivity contribution in [2.45, 2.75) is 129 Å². The van der Waals surface area contributed by atoms with Crippen LogP contribution < -0.4 is 0 Å². The molecule has 4 aromatic heterocycles. The number of fused-ring (bicyclic) bond motifs is 19. The maximum Gasteiger partial charge on any atom is 0.136 e. The molecule has 0 spiro atoms. The van der Waals surface area contributed by atoms with Crippen LogP contribution in [-0.2, 0) is 10.8 Å². The molecule has 4 nitrogen and oxygen atoms in total. The van der Waals surface area contributed by atoms with Gasteiger partial charge in [0.1, 0.15) is 11.2 Å². The minimum Gasteiger partial charge on any atom is -0.456 e. The lowest BCUT2D eigenvalue weighted by molar-refractivity contribution is 0.660. The predicted molar refractivity (Wildman–Crippen MR) is 526 cm³/mol. The third-order valence-corrected chi connectivity index (χ3v) is 20.3. The molecular weight excluding hydrogens is 1450 g/mol. The van der Waals surface area contributed by atoms with Crippen molar-refractivity contribution in [2.75, 3.05) is 0 Å². The largest absolute Gasteiger partial charge is 0.456 e. The summed E-state index contributed by atoms with van der Waals surface area (Å²) in [4.78, 5) is 4.26. The summed E-state index contributed by atoms with van der Waals surface area (Å²) >= 11 is 0. The molecule has 0 amide bonds. The lowest BCUT2D eigenvalue weighted by Gasteiger charge is -2.21. The number of hydrogen-bond donors (Lipinski definition) is 0. The molecule has 0 radical (unpaired) electrons. The molecule has 2 aliphatic rings. The van der Waals surface area contributed by atoms with Gasteiger partial charge in [-0.15, -0.1) is 0 Å². The van der Waals surface area contributed by atoms with Crippen molar-refractivity contribution >= 4 is 87.1 Å². The van der Waals surface area contributed by atoms with E-state index in [9.17, 15) is 0 Å². The van der Waals surface area contributed by atoms with Gasteiger partial charge in [0.25, 0.3) is 0 Å². The molecule has 0 unspecified atom stereocenters. The van der Waals surface area contributed by atoms with Crippen molar-refractivity contribution in [2.24, 2.45) is 0 Å². The zero-order valence-corrected chi connectivity index (χ0v) is 72.5. The molecule has 0 bridgehead atoms. The van der Waals surface area contributed by atoms with Crippen LogP contribution in [0.1, 0.15) is 154 Å². The third-order valence-electron chi connectivity index (χ3n) is 20.3. The highest BCUT2D eigenvalue weighted by Crippen LogP contribution is 2.52. The van der Waals surface area contributed by atoms with Gasteiger partial charge < -0.3 is 13.6 Å². The van der Waals surface area contributed by atoms with Crippen molar-refractivity contribution in [3.63, 3.8) is 0 Å². The van der Waals surface area contributed by atoms with E-state index < -0.39 is 0 Å². The van der Waals surface area contributed by atoms with E-state index in [4.69, 9.17) is 22.2 Å². The van der Waals surface area contributed by atoms with Crippen LogP contribution in [0.4, 0.5) is 0 Å². The average Bonchev–Trinajstić information content (AvgIpc) is 1.56. The Hall–Kier alpha value is -13.4. The summed E-state index contributed by atoms with van der Waals surface area (Å²) in [5.41, 5.74) is 21.5. The first-order chi connectivity index (χ1) is 64.2. The van der Waals surface area contributed by atoms with E-state index in [0.717, 1.165) is 27.8 Å². The minimum atomic E-state index is -0.337. The van der Waals surface area contributed by atoms with Gasteiger partial charge in [-0.25, -0.2) is 0 Å². The van der Waals surface area contributed by atoms with Crippen molar-refractivity contribution in [1.82, 2.24) is 14.1 Å². The van der Waals surface area contributed by atoms with Gasteiger partial charge >= 0.3 is 0 Å². The Bertz CT molecular complexity index is 7010. The normalized spacial score (nSPS) is 12.9. The number of nitrogens with zero attached hydrogens (tertiary/aromatic N) is 3. The van der Waals surface area contributed by atoms with Crippen LogP contribution >= 0.6 is 0 Å². The van der Waals surface area contributed by atoms with Gasteiger partial charge in [-0.1, -0.05) is 453 Å². The molecule has 0 fully saturated rings. The number of furan rings is 1. The molecule has 0 atom stereocenters. The molecule has 4 heteroatoms. The van der Waals surface area contributed by atoms with Crippen LogP contribution in [-0.4, -0.2) is 14.1 Å². The van der Waals surface area contributed by atoms with Gasteiger partial charge in [-0.3, -0.25) is 4.98 Å². The number of hydrogen-bond acceptors (Lipinski definition) is 2. The second-order valence-corrected chi connectivity index (χ2v) is 28.1. The van der Waals surface area contributed by atoms with Crippen LogP contribution in [0.15, 0.2) is 417 Å². The molecular formula is C116H119N3O. The monoisotopic (exact) mass is 1580 g/mol. The summed E-state index contributed by atoms with van der Waals surface area (Å²) in [5, 5.41) is 12.3. The number of benzene rings is 16. The lowest BCUT2D eigenvalue weighted by Crippen LogP contribution is -2.14. The summed E-state index contributed by atoms with van der Waals surface area (Å²) < 4.78 is 107. The molecule has 2 aliphatic carbocycles. The third kappa shape index (κ3) is 20.4. The van der Waals surface area contributed by atoms with Gasteiger partial charge in [0.05, 0.1) is 39.9 Å². The summed E-state index contributed by atoms with van der Waals surface area (Å²) in [6.45, 7) is 34.1. The Morgan fingerprint density at radius 3 is 1.19 bits per heavy atom. The van der Waals surface area contributed by atoms with Crippen LogP contribution in [0.5, 0.6) is 0 Å². The number of aromatic nitrogens is 3. The fraction of sp³-hybridized carbons (Fsp3) is 0.164. The van der Waals surface area contributed by atoms with Crippen LogP contribution in [0, 0.1) is 20.8 Å². The lowest BCUT2D eigenvalue weighted by atomic mass is 9.82. The smallest absolute Gasteiger partial charge is 0.136 e. The Kier molecular flexibility index (Phi) is 26.5. The van der Waals surface area contributed by atoms with Crippen molar-refractivity contribution in [1.29, 1.82) is 0 Å². The molecule has 604 valence electrons. The number of pyridine rings is 1. The summed E-state index contributed by atoms with van der Waals surface area (Å²) in [6, 6.07) is 110. The SMILES string of the molecule is CC.CC.CC.CC.CC.Cc1ccccc1.[2H]c1c([2H])c([2H])c(C)c([2H])c1[2H].[2H]c1c([2H])c([2H])c(C)c([2H])c1[2H].[2H]c1ccc2c(c1)C(C)(C)c1ccc3ccccc3c1-2.[2H]c1ccc2c(c1)C(C)(C)c1ccccc1-2.[2H]c1ccc2c(c1)c1ccccc1n2-c1ccccc1.c1ccc(-n2c3ccccc3c3cnccc32)cc1.c1ccc2c(c1)ccc1oc3ccccc3c12. The van der Waals surface area contributed by atoms with Crippen molar-refractivity contribution < 1.29 is 22.2 Å². The highest BCUT2D eigenvalue weighted by molar-refractivity contribution is 6.19. The van der Waals surface area contributed by atoms with E-state index in [0.29, 0.717) is 29.3 Å². The van der Waals surface area contributed by atoms with Gasteiger partial charge in [-0.2, -0.15) is 0 Å². The zero-order chi connectivity index (χ0) is 96.7. The standard InChI is InChI=1S/C19H16.C18H13N.C17H12N2.C16H10O.C15H14.3C7H8.5C2H6/c1-19(2)16-10-6-5-9-15(16)18-14-8-4-3-7-13(14)11-12-17(18)19;1-2-8-14(9-3-1)19-17-12-6-4-10-15(17)16-11-5-7-13-18(16)19;1-2-6-13(7-3-1)19-16-9-5-4-8-14(16)15-12-18-11-10-17(15)19;1-2-6-12-11(5-1)9-10-15-16(12)13-7-3-4-8-14(13)17-15;1-15(2)13-9-5-3-7-11(13)12-8-4-6-10-14(12)15;3*1-7-5-3-2-4-6-7;5*1-2/h3-12H,1-2H3;1-13H;1-12H;1-10H;3-10H,1-2H3;3*2-6H,1H3;5*1-2H3/i6D;4D;;;5D;2*2D,3D,4D,5D,6D;;;;;;. The van der Waals surface area contributed by atoms with E-state index in [1.165, 1.54) is 135 Å². The van der Waals surface area contributed by atoms with Crippen LogP contribution in [0.25, 0.3) is 121 Å². The first-order valence-corrected chi connectivity index (χ1v) is 41.9. The second kappa shape index (κ2) is 44.2. The Balaban J connectivity index is 0.000000157. The van der Waals surface area contributed by atoms with E-state index in [1.54, 1.807) is 0 Å². The maximum atomic E-state index is 7.91. The Labute approximate surface area is 733 Å². The fourth-order valence-corrected chi connectivity index (χ4v) is 15.0. The van der Waals surface area contributed by atoms with Gasteiger partial charge in [0, 0.05) is 66.9 Å². The number of rotatable bonds is 2. The predicted octanol–water partition coefficient (Wildman–Crippen LogP) is 34.0. The first-order valence-electron chi connectivity index (χ1n) is 48.4. The topological polar surface area (TPSA) is 35.9 Å². The maximum absolute atomic E-state index is 7.91. The highest BCUT2D eigenvalue weighted by atomic mass is 16.3. The molecule has 0 aliphatic heterocycles. The van der Waals surface area contributed by atoms with Gasteiger partial charge in [0.15, 0.2) is 0 Å². The van der Waals surface area contributed by atoms with E-state index >= 15 is 0 Å². The average molecular weight is 1580 g/mol. The number of aryl methyl sites for hydroxylation is 1. The van der Waals surface area contributed by atoms with Crippen LogP contribution in [0.3, 0.4) is 0 Å². The first kappa shape index (κ1) is 71.9.